The van der Waals surface area contributed by atoms with Gasteiger partial charge in [-0.15, -0.1) is 0 Å². The van der Waals surface area contributed by atoms with Crippen LogP contribution in [0.2, 0.25) is 0 Å². The molecule has 2 amide bonds. The van der Waals surface area contributed by atoms with E-state index in [0.29, 0.717) is 44.1 Å². The van der Waals surface area contributed by atoms with Crippen LogP contribution in [0.1, 0.15) is 44.3 Å². The molecule has 3 heterocycles. The normalized spacial score (nSPS) is 22.0. The summed E-state index contributed by atoms with van der Waals surface area (Å²) in [5, 5.41) is 16.3. The van der Waals surface area contributed by atoms with Crippen molar-refractivity contribution in [3.8, 4) is 0 Å². The van der Waals surface area contributed by atoms with Crippen LogP contribution in [0, 0.1) is 12.3 Å². The average molecular weight is 363 g/mol. The Kier molecular flexibility index (Phi) is 4.97. The van der Waals surface area contributed by atoms with Gasteiger partial charge in [0.1, 0.15) is 11.9 Å². The number of aromatic nitrogens is 3. The molecule has 9 nitrogen and oxygen atoms in total. The number of aliphatic carboxylic acids is 1. The maximum absolute atomic E-state index is 12.7. The molecule has 0 radical (unpaired) electrons. The molecule has 26 heavy (non-hydrogen) atoms. The molecule has 1 spiro atoms. The number of hydrogen-bond donors (Lipinski definition) is 2. The number of aromatic amines is 1. The zero-order chi connectivity index (χ0) is 18.9. The fraction of sp³-hybridized carbons (Fsp3) is 0.706. The van der Waals surface area contributed by atoms with Crippen molar-refractivity contribution >= 4 is 17.8 Å². The molecule has 0 aromatic carbocycles. The maximum Gasteiger partial charge on any atom is 0.326 e. The van der Waals surface area contributed by atoms with Crippen LogP contribution < -0.4 is 0 Å². The number of nitrogens with one attached hydrogen (secondary N) is 1. The Bertz CT molecular complexity index is 708. The molecule has 1 aromatic heterocycles. The fourth-order valence-electron chi connectivity index (χ4n) is 4.06. The van der Waals surface area contributed by atoms with E-state index in [4.69, 9.17) is 0 Å². The van der Waals surface area contributed by atoms with Gasteiger partial charge in [0.15, 0.2) is 5.82 Å². The Labute approximate surface area is 151 Å². The number of carbonyl (C=O) groups is 3. The van der Waals surface area contributed by atoms with Gasteiger partial charge in [-0.05, 0) is 31.6 Å². The number of hydrogen-bond acceptors (Lipinski definition) is 5. The van der Waals surface area contributed by atoms with E-state index in [2.05, 4.69) is 15.2 Å². The Morgan fingerprint density at radius 1 is 1.31 bits per heavy atom. The third-order valence-corrected chi connectivity index (χ3v) is 5.59. The number of likely N-dealkylation sites (tertiary alicyclic amines) is 2. The van der Waals surface area contributed by atoms with E-state index in [1.807, 2.05) is 0 Å². The number of carbonyl (C=O) groups excluding carboxylic acids is 2. The zero-order valence-corrected chi connectivity index (χ0v) is 15.2. The van der Waals surface area contributed by atoms with Gasteiger partial charge in [0, 0.05) is 39.4 Å². The number of H-pyrrole nitrogens is 1. The highest BCUT2D eigenvalue weighted by Gasteiger charge is 2.49. The van der Waals surface area contributed by atoms with Crippen molar-refractivity contribution in [2.24, 2.45) is 5.41 Å². The van der Waals surface area contributed by atoms with Gasteiger partial charge >= 0.3 is 5.97 Å². The number of amides is 2. The molecule has 1 atom stereocenters. The first-order valence-electron chi connectivity index (χ1n) is 8.95. The number of piperidine rings is 1. The molecule has 2 fully saturated rings. The number of carboxylic acids is 1. The molecule has 2 aliphatic heterocycles. The number of aryl methyl sites for hydroxylation is 2. The third kappa shape index (κ3) is 3.71. The minimum Gasteiger partial charge on any atom is -0.480 e. The minimum absolute atomic E-state index is 0.0439. The summed E-state index contributed by atoms with van der Waals surface area (Å²) in [6.45, 7) is 5.03. The summed E-state index contributed by atoms with van der Waals surface area (Å²) >= 11 is 0. The summed E-state index contributed by atoms with van der Waals surface area (Å²) in [7, 11) is 0. The highest BCUT2D eigenvalue weighted by molar-refractivity contribution is 5.84. The molecule has 1 aromatic rings. The van der Waals surface area contributed by atoms with Crippen LogP contribution in [0.5, 0.6) is 0 Å². The maximum atomic E-state index is 12.7. The monoisotopic (exact) mass is 363 g/mol. The number of nitrogens with zero attached hydrogens (tertiary/aromatic N) is 4. The lowest BCUT2D eigenvalue weighted by Crippen LogP contribution is -2.44. The van der Waals surface area contributed by atoms with Gasteiger partial charge in [-0.2, -0.15) is 5.10 Å². The third-order valence-electron chi connectivity index (χ3n) is 5.59. The second-order valence-electron chi connectivity index (χ2n) is 7.42. The van der Waals surface area contributed by atoms with E-state index in [1.165, 1.54) is 4.90 Å². The van der Waals surface area contributed by atoms with Gasteiger partial charge < -0.3 is 14.9 Å². The molecular weight excluding hydrogens is 338 g/mol. The van der Waals surface area contributed by atoms with E-state index < -0.39 is 12.0 Å². The molecular formula is C17H25N5O4. The molecule has 142 valence electrons. The molecule has 0 saturated carbocycles. The Morgan fingerprint density at radius 3 is 2.54 bits per heavy atom. The van der Waals surface area contributed by atoms with Crippen LogP contribution >= 0.6 is 0 Å². The zero-order valence-electron chi connectivity index (χ0n) is 15.2. The van der Waals surface area contributed by atoms with E-state index in [9.17, 15) is 19.5 Å². The van der Waals surface area contributed by atoms with Gasteiger partial charge in [-0.1, -0.05) is 0 Å². The van der Waals surface area contributed by atoms with Gasteiger partial charge in [0.25, 0.3) is 0 Å². The first kappa shape index (κ1) is 18.3. The highest BCUT2D eigenvalue weighted by Crippen LogP contribution is 2.43. The first-order valence-corrected chi connectivity index (χ1v) is 8.95. The Morgan fingerprint density at radius 2 is 2.00 bits per heavy atom. The van der Waals surface area contributed by atoms with Crippen molar-refractivity contribution in [1.82, 2.24) is 25.0 Å². The lowest BCUT2D eigenvalue weighted by Gasteiger charge is -2.38. The fourth-order valence-corrected chi connectivity index (χ4v) is 4.06. The van der Waals surface area contributed by atoms with Gasteiger partial charge in [-0.25, -0.2) is 9.78 Å². The molecule has 2 saturated heterocycles. The first-order chi connectivity index (χ1) is 12.3. The second-order valence-corrected chi connectivity index (χ2v) is 7.42. The summed E-state index contributed by atoms with van der Waals surface area (Å²) in [6.07, 6.45) is 2.51. The molecule has 2 aliphatic rings. The van der Waals surface area contributed by atoms with E-state index >= 15 is 0 Å². The van der Waals surface area contributed by atoms with Crippen LogP contribution in [0.15, 0.2) is 0 Å². The SMILES string of the molecule is CC(=O)N1CCC2(CC1)C[C@@H](C(=O)O)N(C(=O)CCc1n[nH]c(C)n1)C2. The molecule has 3 rings (SSSR count). The summed E-state index contributed by atoms with van der Waals surface area (Å²) < 4.78 is 0. The molecule has 2 N–H and O–H groups in total. The minimum atomic E-state index is -0.960. The number of rotatable bonds is 4. The summed E-state index contributed by atoms with van der Waals surface area (Å²) in [4.78, 5) is 43.4. The Hall–Kier alpha value is -2.45. The largest absolute Gasteiger partial charge is 0.480 e. The van der Waals surface area contributed by atoms with Crippen molar-refractivity contribution in [3.63, 3.8) is 0 Å². The van der Waals surface area contributed by atoms with Gasteiger partial charge in [0.2, 0.25) is 11.8 Å². The topological polar surface area (TPSA) is 119 Å². The lowest BCUT2D eigenvalue weighted by molar-refractivity contribution is -0.148. The predicted molar refractivity (Wildman–Crippen MR) is 91.1 cm³/mol. The van der Waals surface area contributed by atoms with E-state index in [1.54, 1.807) is 18.7 Å². The molecule has 0 unspecified atom stereocenters. The highest BCUT2D eigenvalue weighted by atomic mass is 16.4. The van der Waals surface area contributed by atoms with Crippen LogP contribution in [0.25, 0.3) is 0 Å². The molecule has 0 aliphatic carbocycles. The quantitative estimate of drug-likeness (QED) is 0.797. The van der Waals surface area contributed by atoms with Crippen LogP contribution in [0.3, 0.4) is 0 Å². The van der Waals surface area contributed by atoms with Crippen LogP contribution in [-0.2, 0) is 20.8 Å². The lowest BCUT2D eigenvalue weighted by atomic mass is 9.76. The smallest absolute Gasteiger partial charge is 0.326 e. The molecule has 0 bridgehead atoms. The standard InChI is InChI=1S/C17H25N5O4/c1-11-18-14(20-19-11)3-4-15(24)22-10-17(9-13(22)16(25)26)5-7-21(8-6-17)12(2)23/h13H,3-10H2,1-2H3,(H,25,26)(H,18,19,20)/t13-/m0/s1. The second kappa shape index (κ2) is 7.05. The average Bonchev–Trinajstić information content (AvgIpc) is 3.17. The van der Waals surface area contributed by atoms with Gasteiger partial charge in [0.05, 0.1) is 0 Å². The summed E-state index contributed by atoms with van der Waals surface area (Å²) in [5.41, 5.74) is -0.203. The van der Waals surface area contributed by atoms with Crippen molar-refractivity contribution in [2.45, 2.75) is 52.0 Å². The van der Waals surface area contributed by atoms with Crippen molar-refractivity contribution in [3.05, 3.63) is 11.6 Å². The van der Waals surface area contributed by atoms with Crippen molar-refractivity contribution in [1.29, 1.82) is 0 Å². The summed E-state index contributed by atoms with van der Waals surface area (Å²) in [6, 6.07) is -0.791. The van der Waals surface area contributed by atoms with E-state index in [-0.39, 0.29) is 23.7 Å². The molecule has 9 heteroatoms. The van der Waals surface area contributed by atoms with Crippen LogP contribution in [0.4, 0.5) is 0 Å². The van der Waals surface area contributed by atoms with Crippen molar-refractivity contribution in [2.75, 3.05) is 19.6 Å². The van der Waals surface area contributed by atoms with Gasteiger partial charge in [-0.3, -0.25) is 14.7 Å². The van der Waals surface area contributed by atoms with Crippen LogP contribution in [-0.4, -0.2) is 73.5 Å². The van der Waals surface area contributed by atoms with Crippen molar-refractivity contribution < 1.29 is 19.5 Å². The summed E-state index contributed by atoms with van der Waals surface area (Å²) in [5.74, 6) is 0.158. The number of carboxylic acid groups (broad SMARTS) is 1. The predicted octanol–water partition coefficient (Wildman–Crippen LogP) is 0.360. The van der Waals surface area contributed by atoms with E-state index in [0.717, 1.165) is 12.8 Å². The Balaban J connectivity index is 1.65.